The van der Waals surface area contributed by atoms with Gasteiger partial charge in [0.15, 0.2) is 0 Å². The summed E-state index contributed by atoms with van der Waals surface area (Å²) >= 11 is 0. The number of carbonyl (C=O) groups excluding carboxylic acids is 2. The average Bonchev–Trinajstić information content (AvgIpc) is 3.35. The number of benzene rings is 2. The third kappa shape index (κ3) is 5.51. The number of nitrogens with zero attached hydrogens (tertiary/aromatic N) is 2. The predicted octanol–water partition coefficient (Wildman–Crippen LogP) is 5.34. The van der Waals surface area contributed by atoms with E-state index in [1.807, 2.05) is 13.8 Å². The zero-order valence-corrected chi connectivity index (χ0v) is 20.0. The molecule has 8 nitrogen and oxygen atoms in total. The Bertz CT molecular complexity index is 1280. The normalized spacial score (nSPS) is 15.1. The molecule has 1 aliphatic rings. The number of rotatable bonds is 6. The van der Waals surface area contributed by atoms with E-state index < -0.39 is 18.0 Å². The molecule has 0 aliphatic carbocycles. The van der Waals surface area contributed by atoms with Gasteiger partial charge in [0.2, 0.25) is 5.91 Å². The molecule has 0 unspecified atom stereocenters. The Balaban J connectivity index is 1.39. The molecule has 186 valence electrons. The number of carbonyl (C=O) groups is 3. The SMILES string of the molecule is CC(C)c1ccc(NC(=O)N2CCC[C@@H]2C(=O)Nc2ccc(-c3ccc(C(=O)O)cc3)nc2)cc1F. The highest BCUT2D eigenvalue weighted by molar-refractivity contribution is 5.99. The maximum absolute atomic E-state index is 14.3. The Morgan fingerprint density at radius 3 is 2.36 bits per heavy atom. The third-order valence-electron chi connectivity index (χ3n) is 6.15. The number of pyridine rings is 1. The van der Waals surface area contributed by atoms with E-state index >= 15 is 0 Å². The number of likely N-dealkylation sites (tertiary alicyclic amines) is 1. The molecule has 3 amide bonds. The molecule has 0 radical (unpaired) electrons. The van der Waals surface area contributed by atoms with Crippen LogP contribution in [0.5, 0.6) is 0 Å². The monoisotopic (exact) mass is 490 g/mol. The number of hydrogen-bond donors (Lipinski definition) is 3. The summed E-state index contributed by atoms with van der Waals surface area (Å²) in [5, 5.41) is 14.5. The van der Waals surface area contributed by atoms with Gasteiger partial charge < -0.3 is 20.6 Å². The average molecular weight is 491 g/mol. The van der Waals surface area contributed by atoms with Crippen molar-refractivity contribution in [2.24, 2.45) is 0 Å². The van der Waals surface area contributed by atoms with E-state index in [-0.39, 0.29) is 23.2 Å². The number of hydrogen-bond acceptors (Lipinski definition) is 4. The van der Waals surface area contributed by atoms with Crippen LogP contribution < -0.4 is 10.6 Å². The number of urea groups is 1. The number of halogens is 1. The number of nitrogens with one attached hydrogen (secondary N) is 2. The molecule has 2 aromatic carbocycles. The molecule has 1 aromatic heterocycles. The summed E-state index contributed by atoms with van der Waals surface area (Å²) in [6.07, 6.45) is 2.70. The van der Waals surface area contributed by atoms with Gasteiger partial charge in [-0.25, -0.2) is 14.0 Å². The fourth-order valence-corrected chi connectivity index (χ4v) is 4.20. The van der Waals surface area contributed by atoms with E-state index in [4.69, 9.17) is 5.11 Å². The molecular weight excluding hydrogens is 463 g/mol. The van der Waals surface area contributed by atoms with Crippen LogP contribution in [0.4, 0.5) is 20.6 Å². The van der Waals surface area contributed by atoms with Crippen LogP contribution in [0.15, 0.2) is 60.8 Å². The van der Waals surface area contributed by atoms with Gasteiger partial charge in [-0.3, -0.25) is 9.78 Å². The lowest BCUT2D eigenvalue weighted by Crippen LogP contribution is -2.45. The van der Waals surface area contributed by atoms with Crippen LogP contribution in [0.2, 0.25) is 0 Å². The Hall–Kier alpha value is -4.27. The predicted molar refractivity (Wildman–Crippen MR) is 134 cm³/mol. The highest BCUT2D eigenvalue weighted by Gasteiger charge is 2.34. The number of aromatic nitrogens is 1. The van der Waals surface area contributed by atoms with E-state index in [0.717, 1.165) is 5.56 Å². The fourth-order valence-electron chi connectivity index (χ4n) is 4.20. The maximum atomic E-state index is 14.3. The van der Waals surface area contributed by atoms with E-state index in [9.17, 15) is 18.8 Å². The summed E-state index contributed by atoms with van der Waals surface area (Å²) in [6.45, 7) is 4.21. The second-order valence-corrected chi connectivity index (χ2v) is 8.98. The molecule has 3 N–H and O–H groups in total. The molecule has 4 rings (SSSR count). The van der Waals surface area contributed by atoms with Gasteiger partial charge >= 0.3 is 12.0 Å². The topological polar surface area (TPSA) is 112 Å². The lowest BCUT2D eigenvalue weighted by Gasteiger charge is -2.24. The molecule has 2 heterocycles. The molecule has 0 spiro atoms. The number of amides is 3. The van der Waals surface area contributed by atoms with Crippen molar-refractivity contribution in [2.75, 3.05) is 17.2 Å². The molecule has 1 fully saturated rings. The number of carboxylic acid groups (broad SMARTS) is 1. The largest absolute Gasteiger partial charge is 0.478 e. The van der Waals surface area contributed by atoms with Crippen LogP contribution in [0.25, 0.3) is 11.3 Å². The maximum Gasteiger partial charge on any atom is 0.335 e. The van der Waals surface area contributed by atoms with Crippen molar-refractivity contribution < 1.29 is 23.9 Å². The van der Waals surface area contributed by atoms with E-state index in [2.05, 4.69) is 15.6 Å². The lowest BCUT2D eigenvalue weighted by atomic mass is 10.0. The summed E-state index contributed by atoms with van der Waals surface area (Å²) in [4.78, 5) is 42.6. The van der Waals surface area contributed by atoms with Crippen LogP contribution in [0.3, 0.4) is 0 Å². The standard InChI is InChI=1S/C27H27FN4O4/c1-16(2)21-11-9-19(14-22(21)28)31-27(36)32-13-3-4-24(32)25(33)30-20-10-12-23(29-15-20)17-5-7-18(8-6-17)26(34)35/h5-12,14-16,24H,3-4,13H2,1-2H3,(H,30,33)(H,31,36)(H,34,35)/t24-/m1/s1. The van der Waals surface area contributed by atoms with Gasteiger partial charge in [-0.1, -0.05) is 32.0 Å². The number of aromatic carboxylic acids is 1. The van der Waals surface area contributed by atoms with E-state index in [1.165, 1.54) is 29.3 Å². The Labute approximate surface area is 208 Å². The summed E-state index contributed by atoms with van der Waals surface area (Å²) in [7, 11) is 0. The van der Waals surface area contributed by atoms with Crippen molar-refractivity contribution >= 4 is 29.3 Å². The summed E-state index contributed by atoms with van der Waals surface area (Å²) < 4.78 is 14.3. The van der Waals surface area contributed by atoms with Crippen molar-refractivity contribution in [1.82, 2.24) is 9.88 Å². The smallest absolute Gasteiger partial charge is 0.335 e. The van der Waals surface area contributed by atoms with Crippen LogP contribution in [-0.2, 0) is 4.79 Å². The molecule has 3 aromatic rings. The molecule has 36 heavy (non-hydrogen) atoms. The van der Waals surface area contributed by atoms with Gasteiger partial charge in [-0.05, 0) is 60.7 Å². The molecule has 0 saturated carbocycles. The first-order valence-corrected chi connectivity index (χ1v) is 11.7. The lowest BCUT2D eigenvalue weighted by molar-refractivity contribution is -0.119. The second kappa shape index (κ2) is 10.6. The zero-order chi connectivity index (χ0) is 25.8. The van der Waals surface area contributed by atoms with Crippen molar-refractivity contribution in [3.05, 3.63) is 77.7 Å². The van der Waals surface area contributed by atoms with E-state index in [0.29, 0.717) is 42.0 Å². The minimum absolute atomic E-state index is 0.0300. The van der Waals surface area contributed by atoms with Crippen molar-refractivity contribution in [1.29, 1.82) is 0 Å². The molecular formula is C27H27FN4O4. The minimum Gasteiger partial charge on any atom is -0.478 e. The van der Waals surface area contributed by atoms with E-state index in [1.54, 1.807) is 36.4 Å². The van der Waals surface area contributed by atoms with Crippen LogP contribution in [0.1, 0.15) is 48.5 Å². The van der Waals surface area contributed by atoms with Gasteiger partial charge in [0, 0.05) is 17.8 Å². The van der Waals surface area contributed by atoms with Crippen molar-refractivity contribution in [2.45, 2.75) is 38.6 Å². The molecule has 1 saturated heterocycles. The first-order valence-electron chi connectivity index (χ1n) is 11.7. The highest BCUT2D eigenvalue weighted by Crippen LogP contribution is 2.25. The van der Waals surface area contributed by atoms with Gasteiger partial charge in [0.05, 0.1) is 23.1 Å². The summed E-state index contributed by atoms with van der Waals surface area (Å²) in [6, 6.07) is 13.2. The molecule has 9 heteroatoms. The van der Waals surface area contributed by atoms with Crippen molar-refractivity contribution in [3.8, 4) is 11.3 Å². The zero-order valence-electron chi connectivity index (χ0n) is 20.0. The second-order valence-electron chi connectivity index (χ2n) is 8.98. The Morgan fingerprint density at radius 1 is 1.03 bits per heavy atom. The van der Waals surface area contributed by atoms with Crippen molar-refractivity contribution in [3.63, 3.8) is 0 Å². The molecule has 1 aliphatic heterocycles. The molecule has 1 atom stereocenters. The third-order valence-corrected chi connectivity index (χ3v) is 6.15. The molecule has 0 bridgehead atoms. The van der Waals surface area contributed by atoms with Crippen LogP contribution in [-0.4, -0.2) is 45.5 Å². The fraction of sp³-hybridized carbons (Fsp3) is 0.259. The number of anilines is 2. The summed E-state index contributed by atoms with van der Waals surface area (Å²) in [5.41, 5.74) is 2.94. The quantitative estimate of drug-likeness (QED) is 0.432. The van der Waals surface area contributed by atoms with Crippen LogP contribution >= 0.6 is 0 Å². The van der Waals surface area contributed by atoms with Gasteiger partial charge in [0.25, 0.3) is 0 Å². The number of carboxylic acids is 1. The van der Waals surface area contributed by atoms with Gasteiger partial charge in [0.1, 0.15) is 11.9 Å². The van der Waals surface area contributed by atoms with Gasteiger partial charge in [-0.2, -0.15) is 0 Å². The minimum atomic E-state index is -1.00. The van der Waals surface area contributed by atoms with Gasteiger partial charge in [-0.15, -0.1) is 0 Å². The first-order chi connectivity index (χ1) is 17.2. The van der Waals surface area contributed by atoms with Crippen LogP contribution in [0, 0.1) is 5.82 Å². The first kappa shape index (κ1) is 24.8. The Kier molecular flexibility index (Phi) is 7.28. The Morgan fingerprint density at radius 2 is 1.75 bits per heavy atom. The highest BCUT2D eigenvalue weighted by atomic mass is 19.1. The summed E-state index contributed by atoms with van der Waals surface area (Å²) in [5.74, 6) is -1.68.